The summed E-state index contributed by atoms with van der Waals surface area (Å²) in [5.41, 5.74) is 0.822. The van der Waals surface area contributed by atoms with Gasteiger partial charge in [0, 0.05) is 18.9 Å². The van der Waals surface area contributed by atoms with Crippen LogP contribution in [0.4, 0.5) is 0 Å². The number of hydrogen-bond acceptors (Lipinski definition) is 4. The van der Waals surface area contributed by atoms with Gasteiger partial charge < -0.3 is 5.11 Å². The molecule has 2 amide bonds. The van der Waals surface area contributed by atoms with Gasteiger partial charge in [-0.1, -0.05) is 0 Å². The van der Waals surface area contributed by atoms with Crippen molar-refractivity contribution in [1.82, 2.24) is 9.88 Å². The van der Waals surface area contributed by atoms with E-state index < -0.39 is 0 Å². The van der Waals surface area contributed by atoms with Crippen molar-refractivity contribution in [2.45, 2.75) is 18.9 Å². The molecular weight excluding hydrogens is 220 g/mol. The van der Waals surface area contributed by atoms with E-state index in [9.17, 15) is 14.7 Å². The first kappa shape index (κ1) is 10.4. The predicted molar refractivity (Wildman–Crippen MR) is 58.3 cm³/mol. The maximum Gasteiger partial charge on any atom is 0.263 e. The molecule has 1 fully saturated rings. The summed E-state index contributed by atoms with van der Waals surface area (Å²) in [6.07, 6.45) is 4.03. The van der Waals surface area contributed by atoms with Crippen molar-refractivity contribution in [2.75, 3.05) is 6.54 Å². The van der Waals surface area contributed by atoms with Gasteiger partial charge in [-0.15, -0.1) is 0 Å². The number of amides is 2. The molecule has 0 spiro atoms. The molecule has 17 heavy (non-hydrogen) atoms. The van der Waals surface area contributed by atoms with Gasteiger partial charge in [0.15, 0.2) is 0 Å². The zero-order valence-corrected chi connectivity index (χ0v) is 9.17. The van der Waals surface area contributed by atoms with Crippen LogP contribution in [0.2, 0.25) is 0 Å². The third-order valence-electron chi connectivity index (χ3n) is 3.42. The number of rotatable bonds is 2. The van der Waals surface area contributed by atoms with Crippen LogP contribution in [0.5, 0.6) is 0 Å². The van der Waals surface area contributed by atoms with Gasteiger partial charge in [-0.25, -0.2) is 0 Å². The van der Waals surface area contributed by atoms with Gasteiger partial charge >= 0.3 is 0 Å². The second-order valence-electron chi connectivity index (χ2n) is 4.63. The predicted octanol–water partition coefficient (Wildman–Crippen LogP) is 0.449. The van der Waals surface area contributed by atoms with Crippen LogP contribution in [0.15, 0.2) is 18.5 Å². The Kier molecular flexibility index (Phi) is 2.22. The summed E-state index contributed by atoms with van der Waals surface area (Å²) >= 11 is 0. The zero-order valence-electron chi connectivity index (χ0n) is 9.17. The smallest absolute Gasteiger partial charge is 0.263 e. The highest BCUT2D eigenvalue weighted by Crippen LogP contribution is 2.31. The molecule has 5 nitrogen and oxygen atoms in total. The number of fused-ring (bicyclic) bond motifs is 1. The molecule has 2 heterocycles. The number of nitrogens with zero attached hydrogens (tertiary/aromatic N) is 2. The molecule has 0 aromatic carbocycles. The van der Waals surface area contributed by atoms with Gasteiger partial charge in [0.2, 0.25) is 0 Å². The van der Waals surface area contributed by atoms with Gasteiger partial charge in [0.05, 0.1) is 17.2 Å². The molecular formula is C12H12N2O3. The fourth-order valence-electron chi connectivity index (χ4n) is 2.41. The quantitative estimate of drug-likeness (QED) is 0.751. The summed E-state index contributed by atoms with van der Waals surface area (Å²) in [5.74, 6) is -0.270. The van der Waals surface area contributed by atoms with Gasteiger partial charge in [-0.2, -0.15) is 0 Å². The highest BCUT2D eigenvalue weighted by atomic mass is 16.3. The largest absolute Gasteiger partial charge is 0.393 e. The van der Waals surface area contributed by atoms with Crippen molar-refractivity contribution >= 4 is 11.8 Å². The molecule has 0 saturated heterocycles. The minimum absolute atomic E-state index is 0.236. The Morgan fingerprint density at radius 3 is 2.65 bits per heavy atom. The molecule has 1 saturated carbocycles. The Bertz CT molecular complexity index is 459. The summed E-state index contributed by atoms with van der Waals surface area (Å²) in [5, 5.41) is 9.20. The summed E-state index contributed by atoms with van der Waals surface area (Å²) in [7, 11) is 0. The number of aliphatic hydroxyl groups excluding tert-OH is 1. The minimum atomic E-state index is -0.267. The molecule has 1 aliphatic carbocycles. The monoisotopic (exact) mass is 232 g/mol. The van der Waals surface area contributed by atoms with Crippen molar-refractivity contribution in [1.29, 1.82) is 0 Å². The van der Waals surface area contributed by atoms with E-state index >= 15 is 0 Å². The highest BCUT2D eigenvalue weighted by molar-refractivity contribution is 6.21. The summed E-state index contributed by atoms with van der Waals surface area (Å²) in [4.78, 5) is 29.1. The van der Waals surface area contributed by atoms with Crippen molar-refractivity contribution in [3.63, 3.8) is 0 Å². The average molecular weight is 232 g/mol. The van der Waals surface area contributed by atoms with Crippen LogP contribution in [0.25, 0.3) is 0 Å². The Morgan fingerprint density at radius 1 is 1.29 bits per heavy atom. The SMILES string of the molecule is O=C1c2ccncc2C(=O)N1CC1CC(O)C1. The summed E-state index contributed by atoms with van der Waals surface area (Å²) in [6.45, 7) is 0.406. The molecule has 0 bridgehead atoms. The molecule has 2 aliphatic rings. The van der Waals surface area contributed by atoms with E-state index in [4.69, 9.17) is 0 Å². The number of hydrogen-bond donors (Lipinski definition) is 1. The van der Waals surface area contributed by atoms with Gasteiger partial charge in [0.25, 0.3) is 11.8 Å². The van der Waals surface area contributed by atoms with Gasteiger partial charge in [-0.3, -0.25) is 19.5 Å². The fraction of sp³-hybridized carbons (Fsp3) is 0.417. The van der Waals surface area contributed by atoms with Crippen LogP contribution in [0.1, 0.15) is 33.6 Å². The molecule has 1 aromatic heterocycles. The van der Waals surface area contributed by atoms with Crippen molar-refractivity contribution in [3.05, 3.63) is 29.6 Å². The maximum atomic E-state index is 12.0. The number of carbonyl (C=O) groups is 2. The van der Waals surface area contributed by atoms with Crippen LogP contribution >= 0.6 is 0 Å². The molecule has 0 unspecified atom stereocenters. The van der Waals surface area contributed by atoms with E-state index in [1.807, 2.05) is 0 Å². The van der Waals surface area contributed by atoms with Crippen LogP contribution in [0, 0.1) is 5.92 Å². The normalized spacial score (nSPS) is 27.0. The van der Waals surface area contributed by atoms with E-state index in [1.54, 1.807) is 6.07 Å². The Balaban J connectivity index is 1.81. The van der Waals surface area contributed by atoms with E-state index in [1.165, 1.54) is 17.3 Å². The lowest BCUT2D eigenvalue weighted by atomic mass is 9.82. The third kappa shape index (κ3) is 1.54. The zero-order chi connectivity index (χ0) is 12.0. The fourth-order valence-corrected chi connectivity index (χ4v) is 2.41. The van der Waals surface area contributed by atoms with Crippen molar-refractivity contribution < 1.29 is 14.7 Å². The second kappa shape index (κ2) is 3.63. The minimum Gasteiger partial charge on any atom is -0.393 e. The van der Waals surface area contributed by atoms with Gasteiger partial charge in [-0.05, 0) is 24.8 Å². The standard InChI is InChI=1S/C12H12N2O3/c15-8-3-7(4-8)6-14-11(16)9-1-2-13-5-10(9)12(14)17/h1-2,5,7-8,15H,3-4,6H2. The first-order valence-corrected chi connectivity index (χ1v) is 5.65. The molecule has 88 valence electrons. The van der Waals surface area contributed by atoms with Crippen LogP contribution < -0.4 is 0 Å². The molecule has 0 atom stereocenters. The van der Waals surface area contributed by atoms with Crippen LogP contribution in [0.3, 0.4) is 0 Å². The molecule has 1 N–H and O–H groups in total. The third-order valence-corrected chi connectivity index (χ3v) is 3.42. The maximum absolute atomic E-state index is 12.0. The lowest BCUT2D eigenvalue weighted by molar-refractivity contribution is 0.0233. The molecule has 0 radical (unpaired) electrons. The van der Waals surface area contributed by atoms with Crippen LogP contribution in [-0.4, -0.2) is 39.5 Å². The first-order chi connectivity index (χ1) is 8.16. The lowest BCUT2D eigenvalue weighted by Crippen LogP contribution is -2.41. The summed E-state index contributed by atoms with van der Waals surface area (Å²) < 4.78 is 0. The average Bonchev–Trinajstić information content (AvgIpc) is 2.53. The van der Waals surface area contributed by atoms with Gasteiger partial charge in [0.1, 0.15) is 0 Å². The van der Waals surface area contributed by atoms with Crippen molar-refractivity contribution in [3.8, 4) is 0 Å². The Hall–Kier alpha value is -1.75. The Labute approximate surface area is 98.1 Å². The molecule has 1 aromatic rings. The molecule has 5 heteroatoms. The number of pyridine rings is 1. The second-order valence-corrected chi connectivity index (χ2v) is 4.63. The highest BCUT2D eigenvalue weighted by Gasteiger charge is 2.39. The van der Waals surface area contributed by atoms with E-state index in [0.29, 0.717) is 30.5 Å². The Morgan fingerprint density at radius 2 is 2.00 bits per heavy atom. The number of imide groups is 1. The number of aromatic nitrogens is 1. The van der Waals surface area contributed by atoms with E-state index in [-0.39, 0.29) is 23.8 Å². The van der Waals surface area contributed by atoms with E-state index in [2.05, 4.69) is 4.98 Å². The topological polar surface area (TPSA) is 70.5 Å². The lowest BCUT2D eigenvalue weighted by Gasteiger charge is -2.33. The van der Waals surface area contributed by atoms with Crippen LogP contribution in [-0.2, 0) is 0 Å². The number of carbonyl (C=O) groups excluding carboxylic acids is 2. The number of aliphatic hydroxyl groups is 1. The molecule has 1 aliphatic heterocycles. The molecule has 3 rings (SSSR count). The summed E-state index contributed by atoms with van der Waals surface area (Å²) in [6, 6.07) is 1.57. The first-order valence-electron chi connectivity index (χ1n) is 5.65. The van der Waals surface area contributed by atoms with Crippen molar-refractivity contribution in [2.24, 2.45) is 5.92 Å². The van der Waals surface area contributed by atoms with E-state index in [0.717, 1.165) is 0 Å².